The predicted molar refractivity (Wildman–Crippen MR) is 90.1 cm³/mol. The molecule has 0 fully saturated rings. The van der Waals surface area contributed by atoms with Gasteiger partial charge in [0, 0.05) is 11.9 Å². The third-order valence-corrected chi connectivity index (χ3v) is 4.06. The molecule has 10 heteroatoms. The van der Waals surface area contributed by atoms with Gasteiger partial charge in [0.15, 0.2) is 0 Å². The molecule has 2 aromatic rings. The van der Waals surface area contributed by atoms with Crippen LogP contribution in [0.3, 0.4) is 0 Å². The lowest BCUT2D eigenvalue weighted by atomic mass is 10.2. The minimum Gasteiger partial charge on any atom is -0.355 e. The number of carbonyl (C=O) groups excluding carboxylic acids is 1. The highest BCUT2D eigenvalue weighted by Crippen LogP contribution is 2.18. The van der Waals surface area contributed by atoms with Gasteiger partial charge in [0.2, 0.25) is 10.0 Å². The molecule has 0 aliphatic carbocycles. The highest BCUT2D eigenvalue weighted by molar-refractivity contribution is 7.89. The maximum absolute atomic E-state index is 13.5. The van der Waals surface area contributed by atoms with Gasteiger partial charge in [-0.25, -0.2) is 22.3 Å². The van der Waals surface area contributed by atoms with Crippen molar-refractivity contribution < 1.29 is 22.0 Å². The monoisotopic (exact) mass is 378 g/mol. The Morgan fingerprint density at radius 1 is 1.12 bits per heavy atom. The van der Waals surface area contributed by atoms with Gasteiger partial charge in [-0.2, -0.15) is 5.26 Å². The molecule has 0 heterocycles. The van der Waals surface area contributed by atoms with Crippen LogP contribution in [0.25, 0.3) is 0 Å². The van der Waals surface area contributed by atoms with Crippen LogP contribution < -0.4 is 15.8 Å². The van der Waals surface area contributed by atoms with Crippen molar-refractivity contribution in [1.29, 1.82) is 5.26 Å². The molecule has 134 valence electrons. The standard InChI is InChI=1S/C16H12F2N4O3S/c17-13-2-1-3-14(18)15(13)21-9-10(8-19)16(23)22-11-4-6-12(7-5-11)26(20,24)25/h1-7,9,21H,(H,22,23)(H2,20,24,25)/b10-9-. The van der Waals surface area contributed by atoms with E-state index in [0.29, 0.717) is 0 Å². The molecule has 0 saturated heterocycles. The summed E-state index contributed by atoms with van der Waals surface area (Å²) >= 11 is 0. The zero-order valence-electron chi connectivity index (χ0n) is 13.0. The van der Waals surface area contributed by atoms with Crippen LogP contribution in [0.4, 0.5) is 20.2 Å². The van der Waals surface area contributed by atoms with E-state index in [1.165, 1.54) is 30.3 Å². The molecule has 2 aromatic carbocycles. The molecule has 0 atom stereocenters. The Morgan fingerprint density at radius 3 is 2.19 bits per heavy atom. The van der Waals surface area contributed by atoms with Crippen molar-refractivity contribution in [3.63, 3.8) is 0 Å². The van der Waals surface area contributed by atoms with Crippen molar-refractivity contribution in [3.05, 3.63) is 65.9 Å². The second kappa shape index (κ2) is 7.73. The summed E-state index contributed by atoms with van der Waals surface area (Å²) < 4.78 is 49.4. The van der Waals surface area contributed by atoms with Crippen LogP contribution in [-0.2, 0) is 14.8 Å². The van der Waals surface area contributed by atoms with Crippen molar-refractivity contribution in [2.45, 2.75) is 4.90 Å². The number of hydrogen-bond donors (Lipinski definition) is 3. The first kappa shape index (κ1) is 19.0. The van der Waals surface area contributed by atoms with Crippen molar-refractivity contribution >= 4 is 27.3 Å². The number of nitrogens with one attached hydrogen (secondary N) is 2. The number of sulfonamides is 1. The molecule has 0 unspecified atom stereocenters. The van der Waals surface area contributed by atoms with Gasteiger partial charge in [0.25, 0.3) is 5.91 Å². The second-order valence-corrected chi connectivity index (χ2v) is 6.50. The SMILES string of the molecule is N#C/C(=C/Nc1c(F)cccc1F)C(=O)Nc1ccc(S(N)(=O)=O)cc1. The quantitative estimate of drug-likeness (QED) is 0.542. The van der Waals surface area contributed by atoms with E-state index in [1.54, 1.807) is 6.07 Å². The number of carbonyl (C=O) groups is 1. The summed E-state index contributed by atoms with van der Waals surface area (Å²) in [6.45, 7) is 0. The molecule has 0 bridgehead atoms. The lowest BCUT2D eigenvalue weighted by Gasteiger charge is -2.07. The molecule has 26 heavy (non-hydrogen) atoms. The topological polar surface area (TPSA) is 125 Å². The van der Waals surface area contributed by atoms with Crippen LogP contribution in [0.15, 0.2) is 59.1 Å². The van der Waals surface area contributed by atoms with Crippen molar-refractivity contribution in [2.24, 2.45) is 5.14 Å². The van der Waals surface area contributed by atoms with Gasteiger partial charge in [-0.15, -0.1) is 0 Å². The van der Waals surface area contributed by atoms with Crippen LogP contribution in [0, 0.1) is 23.0 Å². The molecule has 2 rings (SSSR count). The summed E-state index contributed by atoms with van der Waals surface area (Å²) in [4.78, 5) is 11.9. The van der Waals surface area contributed by atoms with E-state index in [2.05, 4.69) is 10.6 Å². The maximum atomic E-state index is 13.5. The number of para-hydroxylation sites is 1. The smallest absolute Gasteiger partial charge is 0.267 e. The third-order valence-electron chi connectivity index (χ3n) is 3.13. The fourth-order valence-electron chi connectivity index (χ4n) is 1.86. The average Bonchev–Trinajstić information content (AvgIpc) is 2.57. The van der Waals surface area contributed by atoms with E-state index in [0.717, 1.165) is 18.3 Å². The Balaban J connectivity index is 2.15. The largest absolute Gasteiger partial charge is 0.355 e. The molecule has 0 aliphatic rings. The van der Waals surface area contributed by atoms with Crippen molar-refractivity contribution in [1.82, 2.24) is 0 Å². The van der Waals surface area contributed by atoms with E-state index in [9.17, 15) is 22.0 Å². The fraction of sp³-hybridized carbons (Fsp3) is 0. The van der Waals surface area contributed by atoms with Gasteiger partial charge in [-0.3, -0.25) is 4.79 Å². The molecule has 0 aliphatic heterocycles. The van der Waals surface area contributed by atoms with Crippen LogP contribution in [0.1, 0.15) is 0 Å². The highest BCUT2D eigenvalue weighted by atomic mass is 32.2. The van der Waals surface area contributed by atoms with Gasteiger partial charge in [-0.1, -0.05) is 6.07 Å². The summed E-state index contributed by atoms with van der Waals surface area (Å²) in [6, 6.07) is 9.68. The van der Waals surface area contributed by atoms with Gasteiger partial charge in [-0.05, 0) is 36.4 Å². The molecule has 4 N–H and O–H groups in total. The second-order valence-electron chi connectivity index (χ2n) is 4.93. The fourth-order valence-corrected chi connectivity index (χ4v) is 2.37. The summed E-state index contributed by atoms with van der Waals surface area (Å²) in [5, 5.41) is 18.6. The zero-order chi connectivity index (χ0) is 19.3. The number of benzene rings is 2. The third kappa shape index (κ3) is 4.62. The normalized spacial score (nSPS) is 11.5. The number of amides is 1. The summed E-state index contributed by atoms with van der Waals surface area (Å²) in [5.74, 6) is -2.64. The first-order chi connectivity index (χ1) is 12.2. The van der Waals surface area contributed by atoms with E-state index in [4.69, 9.17) is 10.4 Å². The van der Waals surface area contributed by atoms with Gasteiger partial charge < -0.3 is 10.6 Å². The molecule has 7 nitrogen and oxygen atoms in total. The number of primary sulfonamides is 1. The molecular formula is C16H12F2N4O3S. The molecule has 1 amide bonds. The lowest BCUT2D eigenvalue weighted by Crippen LogP contribution is -2.15. The van der Waals surface area contributed by atoms with Crippen molar-refractivity contribution in [3.8, 4) is 6.07 Å². The lowest BCUT2D eigenvalue weighted by molar-refractivity contribution is -0.112. The van der Waals surface area contributed by atoms with Crippen LogP contribution in [0.5, 0.6) is 0 Å². The van der Waals surface area contributed by atoms with Gasteiger partial charge in [0.05, 0.1) is 4.90 Å². The Bertz CT molecular complexity index is 993. The average molecular weight is 378 g/mol. The maximum Gasteiger partial charge on any atom is 0.267 e. The molecule has 0 aromatic heterocycles. The summed E-state index contributed by atoms with van der Waals surface area (Å²) in [7, 11) is -3.87. The van der Waals surface area contributed by atoms with E-state index in [1.807, 2.05) is 0 Å². The van der Waals surface area contributed by atoms with Crippen LogP contribution in [-0.4, -0.2) is 14.3 Å². The minimum absolute atomic E-state index is 0.150. The molecule has 0 saturated carbocycles. The molecule has 0 spiro atoms. The zero-order valence-corrected chi connectivity index (χ0v) is 13.8. The first-order valence-corrected chi connectivity index (χ1v) is 8.52. The van der Waals surface area contributed by atoms with E-state index < -0.39 is 38.8 Å². The van der Waals surface area contributed by atoms with Crippen LogP contribution >= 0.6 is 0 Å². The number of anilines is 2. The number of hydrogen-bond acceptors (Lipinski definition) is 5. The van der Waals surface area contributed by atoms with E-state index >= 15 is 0 Å². The Morgan fingerprint density at radius 2 is 1.69 bits per heavy atom. The number of nitrogens with two attached hydrogens (primary N) is 1. The minimum atomic E-state index is -3.87. The van der Waals surface area contributed by atoms with E-state index in [-0.39, 0.29) is 10.6 Å². The Hall–Kier alpha value is -3.29. The number of halogens is 2. The number of nitriles is 1. The molecular weight excluding hydrogens is 366 g/mol. The van der Waals surface area contributed by atoms with Gasteiger partial charge in [0.1, 0.15) is 29.0 Å². The predicted octanol–water partition coefficient (Wildman–Crippen LogP) is 2.07. The van der Waals surface area contributed by atoms with Crippen LogP contribution in [0.2, 0.25) is 0 Å². The number of nitrogens with zero attached hydrogens (tertiary/aromatic N) is 1. The van der Waals surface area contributed by atoms with Crippen molar-refractivity contribution in [2.75, 3.05) is 10.6 Å². The van der Waals surface area contributed by atoms with Gasteiger partial charge >= 0.3 is 0 Å². The number of rotatable bonds is 5. The Kier molecular flexibility index (Phi) is 5.66. The summed E-state index contributed by atoms with van der Waals surface area (Å²) in [5.41, 5.74) is -0.769. The highest BCUT2D eigenvalue weighted by Gasteiger charge is 2.13. The Labute approximate surface area is 147 Å². The summed E-state index contributed by atoms with van der Waals surface area (Å²) in [6.07, 6.45) is 0.857. The first-order valence-electron chi connectivity index (χ1n) is 6.97. The molecule has 0 radical (unpaired) electrons.